The molecule has 1 aromatic heterocycles. The Morgan fingerprint density at radius 1 is 1.23 bits per heavy atom. The average molecular weight is 382 g/mol. The van der Waals surface area contributed by atoms with E-state index in [4.69, 9.17) is 4.74 Å². The van der Waals surface area contributed by atoms with E-state index in [9.17, 15) is 36.2 Å². The zero-order valence-corrected chi connectivity index (χ0v) is 12.9. The number of hydrogen-bond acceptors (Lipinski definition) is 4. The number of rotatable bonds is 2. The van der Waals surface area contributed by atoms with Crippen LogP contribution in [0, 0.1) is 0 Å². The topological polar surface area (TPSA) is 65.6 Å². The summed E-state index contributed by atoms with van der Waals surface area (Å²) in [5.74, 6) is -0.285. The predicted molar refractivity (Wildman–Crippen MR) is 79.3 cm³/mol. The lowest BCUT2D eigenvalue weighted by Crippen LogP contribution is -2.44. The van der Waals surface area contributed by atoms with Crippen LogP contribution in [0.3, 0.4) is 0 Å². The molecule has 1 aliphatic heterocycles. The quantitative estimate of drug-likeness (QED) is 0.784. The van der Waals surface area contributed by atoms with Crippen molar-refractivity contribution >= 4 is 16.6 Å². The molecule has 2 aromatic rings. The monoisotopic (exact) mass is 382 g/mol. The Bertz CT molecular complexity index is 890. The summed E-state index contributed by atoms with van der Waals surface area (Å²) in [6.45, 7) is -1.07. The molecule has 2 N–H and O–H groups in total. The minimum absolute atomic E-state index is 0.0235. The van der Waals surface area contributed by atoms with Gasteiger partial charge in [0.05, 0.1) is 35.2 Å². The molecule has 2 heterocycles. The lowest BCUT2D eigenvalue weighted by atomic mass is 10.0. The van der Waals surface area contributed by atoms with Crippen LogP contribution in [0.2, 0.25) is 0 Å². The molecule has 1 aliphatic rings. The summed E-state index contributed by atoms with van der Waals surface area (Å²) in [6, 6.07) is 2.78. The minimum atomic E-state index is -4.86. The highest BCUT2D eigenvalue weighted by molar-refractivity contribution is 5.94. The number of nitrogens with zero attached hydrogens (tertiary/aromatic N) is 1. The number of ether oxygens (including phenoxy) is 1. The Balaban J connectivity index is 2.16. The Kier molecular flexibility index (Phi) is 4.29. The number of fused-ring (bicyclic) bond motifs is 3. The standard InChI is InChI=1S/C15H12F6N2O3/c16-14(17,18)7-5-11(25)22-8-1-2-9-13(12(7)8)26-4-3-23(9)6-10(24)15(19,20)21/h1-2,5,10,24H,3-4,6H2,(H,22,25)/t10-/m0/s1. The normalized spacial score (nSPS) is 16.3. The molecule has 0 saturated heterocycles. The van der Waals surface area contributed by atoms with Crippen molar-refractivity contribution < 1.29 is 36.2 Å². The number of halogens is 6. The first-order chi connectivity index (χ1) is 12.0. The molecule has 0 amide bonds. The number of benzene rings is 1. The van der Waals surface area contributed by atoms with Gasteiger partial charge in [0.1, 0.15) is 6.61 Å². The fraction of sp³-hybridized carbons (Fsp3) is 0.400. The molecule has 1 atom stereocenters. The summed E-state index contributed by atoms with van der Waals surface area (Å²) in [4.78, 5) is 14.8. The highest BCUT2D eigenvalue weighted by Crippen LogP contribution is 2.43. The first-order valence-corrected chi connectivity index (χ1v) is 7.38. The number of β-amino-alcohol motifs (C(OH)–C–C–N with tert-alkyl or cyclic N) is 1. The number of aliphatic hydroxyl groups excluding tert-OH is 1. The lowest BCUT2D eigenvalue weighted by Gasteiger charge is -2.34. The Morgan fingerprint density at radius 2 is 1.92 bits per heavy atom. The Labute approximate surface area is 141 Å². The number of pyridine rings is 1. The van der Waals surface area contributed by atoms with Crippen molar-refractivity contribution in [1.29, 1.82) is 0 Å². The van der Waals surface area contributed by atoms with Gasteiger partial charge in [0.2, 0.25) is 5.56 Å². The summed E-state index contributed by atoms with van der Waals surface area (Å²) < 4.78 is 83.0. The van der Waals surface area contributed by atoms with Crippen LogP contribution in [-0.4, -0.2) is 42.1 Å². The fourth-order valence-electron chi connectivity index (χ4n) is 2.81. The van der Waals surface area contributed by atoms with Crippen molar-refractivity contribution in [2.75, 3.05) is 24.6 Å². The van der Waals surface area contributed by atoms with E-state index >= 15 is 0 Å². The van der Waals surface area contributed by atoms with Crippen molar-refractivity contribution in [2.24, 2.45) is 0 Å². The molecule has 11 heteroatoms. The summed E-state index contributed by atoms with van der Waals surface area (Å²) >= 11 is 0. The van der Waals surface area contributed by atoms with Crippen LogP contribution in [0.1, 0.15) is 5.56 Å². The lowest BCUT2D eigenvalue weighted by molar-refractivity contribution is -0.200. The highest BCUT2D eigenvalue weighted by Gasteiger charge is 2.41. The van der Waals surface area contributed by atoms with Crippen molar-refractivity contribution in [3.05, 3.63) is 34.1 Å². The molecule has 3 rings (SSSR count). The van der Waals surface area contributed by atoms with Gasteiger partial charge in [-0.05, 0) is 12.1 Å². The third kappa shape index (κ3) is 3.30. The van der Waals surface area contributed by atoms with Gasteiger partial charge in [0.15, 0.2) is 11.9 Å². The predicted octanol–water partition coefficient (Wildman–Crippen LogP) is 2.67. The van der Waals surface area contributed by atoms with Crippen LogP contribution in [0.25, 0.3) is 10.9 Å². The summed E-state index contributed by atoms with van der Waals surface area (Å²) in [5, 5.41) is 8.82. The first-order valence-electron chi connectivity index (χ1n) is 7.38. The number of anilines is 1. The summed E-state index contributed by atoms with van der Waals surface area (Å²) in [7, 11) is 0. The minimum Gasteiger partial charge on any atom is -0.489 e. The fourth-order valence-corrected chi connectivity index (χ4v) is 2.81. The van der Waals surface area contributed by atoms with E-state index < -0.39 is 41.5 Å². The van der Waals surface area contributed by atoms with Crippen LogP contribution in [0.4, 0.5) is 32.0 Å². The van der Waals surface area contributed by atoms with Gasteiger partial charge in [-0.15, -0.1) is 0 Å². The molecule has 0 unspecified atom stereocenters. The third-order valence-corrected chi connectivity index (χ3v) is 3.96. The van der Waals surface area contributed by atoms with Crippen LogP contribution >= 0.6 is 0 Å². The maximum absolute atomic E-state index is 13.3. The van der Waals surface area contributed by atoms with E-state index in [-0.39, 0.29) is 30.1 Å². The van der Waals surface area contributed by atoms with Gasteiger partial charge in [-0.2, -0.15) is 26.3 Å². The van der Waals surface area contributed by atoms with Crippen LogP contribution in [-0.2, 0) is 6.18 Å². The Hall–Kier alpha value is -2.43. The molecule has 0 radical (unpaired) electrons. The van der Waals surface area contributed by atoms with Crippen LogP contribution in [0.5, 0.6) is 5.75 Å². The van der Waals surface area contributed by atoms with Gasteiger partial charge in [-0.25, -0.2) is 0 Å². The number of nitrogens with one attached hydrogen (secondary N) is 1. The molecular formula is C15H12F6N2O3. The second-order valence-electron chi connectivity index (χ2n) is 5.73. The maximum Gasteiger partial charge on any atom is 0.417 e. The number of aromatic amines is 1. The van der Waals surface area contributed by atoms with Crippen molar-refractivity contribution in [1.82, 2.24) is 4.98 Å². The van der Waals surface area contributed by atoms with Crippen molar-refractivity contribution in [3.63, 3.8) is 0 Å². The largest absolute Gasteiger partial charge is 0.489 e. The summed E-state index contributed by atoms with van der Waals surface area (Å²) in [5.41, 5.74) is -2.39. The molecule has 26 heavy (non-hydrogen) atoms. The third-order valence-electron chi connectivity index (χ3n) is 3.96. The van der Waals surface area contributed by atoms with E-state index in [1.54, 1.807) is 0 Å². The second kappa shape index (κ2) is 6.08. The number of aliphatic hydroxyl groups is 1. The molecule has 0 aliphatic carbocycles. The number of hydrogen-bond donors (Lipinski definition) is 2. The maximum atomic E-state index is 13.3. The molecule has 1 aromatic carbocycles. The van der Waals surface area contributed by atoms with E-state index in [0.29, 0.717) is 6.07 Å². The molecule has 0 saturated carbocycles. The van der Waals surface area contributed by atoms with Crippen LogP contribution in [0.15, 0.2) is 23.0 Å². The van der Waals surface area contributed by atoms with E-state index in [1.165, 1.54) is 6.07 Å². The molecule has 0 fully saturated rings. The molecular weight excluding hydrogens is 370 g/mol. The molecule has 0 spiro atoms. The summed E-state index contributed by atoms with van der Waals surface area (Å²) in [6.07, 6.45) is -12.4. The van der Waals surface area contributed by atoms with Gasteiger partial charge in [0.25, 0.3) is 0 Å². The zero-order chi connectivity index (χ0) is 19.3. The van der Waals surface area contributed by atoms with Crippen molar-refractivity contribution in [2.45, 2.75) is 18.5 Å². The number of aromatic nitrogens is 1. The first kappa shape index (κ1) is 18.4. The number of alkyl halides is 6. The molecule has 0 bridgehead atoms. The SMILES string of the molecule is O=c1cc(C(F)(F)F)c2c3c(ccc2[nH]1)N(C[C@H](O)C(F)(F)F)CCO3. The smallest absolute Gasteiger partial charge is 0.417 e. The van der Waals surface area contributed by atoms with Gasteiger partial charge < -0.3 is 19.7 Å². The Morgan fingerprint density at radius 3 is 2.54 bits per heavy atom. The van der Waals surface area contributed by atoms with Gasteiger partial charge in [-0.3, -0.25) is 4.79 Å². The van der Waals surface area contributed by atoms with Crippen molar-refractivity contribution in [3.8, 4) is 5.75 Å². The average Bonchev–Trinajstić information content (AvgIpc) is 2.52. The van der Waals surface area contributed by atoms with Crippen LogP contribution < -0.4 is 15.2 Å². The van der Waals surface area contributed by atoms with E-state index in [1.807, 2.05) is 0 Å². The van der Waals surface area contributed by atoms with E-state index in [2.05, 4.69) is 4.98 Å². The zero-order valence-electron chi connectivity index (χ0n) is 12.9. The van der Waals surface area contributed by atoms with Gasteiger partial charge in [-0.1, -0.05) is 0 Å². The molecule has 5 nitrogen and oxygen atoms in total. The highest BCUT2D eigenvalue weighted by atomic mass is 19.4. The molecule has 142 valence electrons. The van der Waals surface area contributed by atoms with Gasteiger partial charge >= 0.3 is 12.4 Å². The number of H-pyrrole nitrogens is 1. The van der Waals surface area contributed by atoms with E-state index in [0.717, 1.165) is 11.0 Å². The second-order valence-corrected chi connectivity index (χ2v) is 5.73. The van der Waals surface area contributed by atoms with Gasteiger partial charge in [0, 0.05) is 6.07 Å².